The number of anilines is 1. The number of carbonyl (C=O) groups excluding carboxylic acids is 1. The fraction of sp³-hybridized carbons (Fsp3) is 0.222. The molecule has 0 bridgehead atoms. The van der Waals surface area contributed by atoms with Gasteiger partial charge in [0.15, 0.2) is 0 Å². The molecule has 0 radical (unpaired) electrons. The Morgan fingerprint density at radius 3 is 2.41 bits per heavy atom. The first-order chi connectivity index (χ1) is 10.7. The van der Waals surface area contributed by atoms with Crippen LogP contribution in [0.15, 0.2) is 59.7 Å². The molecule has 0 aliphatic heterocycles. The molecular weight excluding hydrogens is 276 g/mol. The van der Waals surface area contributed by atoms with Gasteiger partial charge in [-0.1, -0.05) is 48.0 Å². The lowest BCUT2D eigenvalue weighted by Crippen LogP contribution is -2.21. The highest BCUT2D eigenvalue weighted by atomic mass is 16.5. The number of benzene rings is 2. The molecule has 0 atom stereocenters. The molecule has 0 amide bonds. The third-order valence-electron chi connectivity index (χ3n) is 3.10. The number of esters is 1. The van der Waals surface area contributed by atoms with Crippen molar-refractivity contribution in [3.05, 3.63) is 65.7 Å². The molecule has 2 aromatic rings. The van der Waals surface area contributed by atoms with Crippen molar-refractivity contribution in [2.24, 2.45) is 5.10 Å². The molecule has 22 heavy (non-hydrogen) atoms. The number of nitrogens with one attached hydrogen (secondary N) is 1. The fourth-order valence-corrected chi connectivity index (χ4v) is 1.92. The van der Waals surface area contributed by atoms with Crippen LogP contribution in [-0.4, -0.2) is 18.3 Å². The predicted octanol–water partition coefficient (Wildman–Crippen LogP) is 3.57. The Balaban J connectivity index is 2.14. The average molecular weight is 296 g/mol. The predicted molar refractivity (Wildman–Crippen MR) is 89.0 cm³/mol. The van der Waals surface area contributed by atoms with Gasteiger partial charge in [0.1, 0.15) is 5.71 Å². The Hall–Kier alpha value is -2.62. The number of hydrogen-bond acceptors (Lipinski definition) is 4. The number of carbonyl (C=O) groups is 1. The number of ether oxygens (including phenoxy) is 1. The van der Waals surface area contributed by atoms with Gasteiger partial charge in [-0.25, -0.2) is 4.79 Å². The maximum absolute atomic E-state index is 12.0. The van der Waals surface area contributed by atoms with Crippen molar-refractivity contribution >= 4 is 17.4 Å². The molecule has 2 aromatic carbocycles. The summed E-state index contributed by atoms with van der Waals surface area (Å²) in [4.78, 5) is 12.0. The zero-order chi connectivity index (χ0) is 15.8. The van der Waals surface area contributed by atoms with Crippen LogP contribution >= 0.6 is 0 Å². The Kier molecular flexibility index (Phi) is 5.72. The number of hydrazone groups is 1. The van der Waals surface area contributed by atoms with Gasteiger partial charge in [0.2, 0.25) is 0 Å². The smallest absolute Gasteiger partial charge is 0.354 e. The fourth-order valence-electron chi connectivity index (χ4n) is 1.92. The van der Waals surface area contributed by atoms with Crippen LogP contribution in [0.4, 0.5) is 5.69 Å². The highest BCUT2D eigenvalue weighted by Gasteiger charge is 2.13. The van der Waals surface area contributed by atoms with Crippen molar-refractivity contribution in [1.29, 1.82) is 0 Å². The minimum Gasteiger partial charge on any atom is -0.461 e. The topological polar surface area (TPSA) is 50.7 Å². The van der Waals surface area contributed by atoms with E-state index in [1.54, 1.807) is 6.92 Å². The molecular formula is C18H20N2O2. The number of rotatable bonds is 6. The Morgan fingerprint density at radius 1 is 1.09 bits per heavy atom. The van der Waals surface area contributed by atoms with Crippen molar-refractivity contribution in [2.45, 2.75) is 20.3 Å². The van der Waals surface area contributed by atoms with Crippen molar-refractivity contribution in [3.63, 3.8) is 0 Å². The molecule has 1 N–H and O–H groups in total. The van der Waals surface area contributed by atoms with Crippen LogP contribution in [0.3, 0.4) is 0 Å². The van der Waals surface area contributed by atoms with E-state index in [9.17, 15) is 4.79 Å². The molecule has 4 heteroatoms. The lowest BCUT2D eigenvalue weighted by atomic mass is 10.1. The third-order valence-corrected chi connectivity index (χ3v) is 3.10. The normalized spacial score (nSPS) is 11.1. The maximum Gasteiger partial charge on any atom is 0.354 e. The van der Waals surface area contributed by atoms with Gasteiger partial charge in [0.05, 0.1) is 12.3 Å². The summed E-state index contributed by atoms with van der Waals surface area (Å²) in [6, 6.07) is 17.5. The van der Waals surface area contributed by atoms with Crippen molar-refractivity contribution in [3.8, 4) is 0 Å². The summed E-state index contributed by atoms with van der Waals surface area (Å²) in [5.74, 6) is -0.397. The van der Waals surface area contributed by atoms with Crippen molar-refractivity contribution in [1.82, 2.24) is 0 Å². The molecule has 0 aromatic heterocycles. The second-order valence-electron chi connectivity index (χ2n) is 4.92. The molecule has 0 saturated carbocycles. The van der Waals surface area contributed by atoms with E-state index in [0.29, 0.717) is 18.7 Å². The first-order valence-corrected chi connectivity index (χ1v) is 7.29. The van der Waals surface area contributed by atoms with Crippen LogP contribution in [0.25, 0.3) is 0 Å². The molecule has 0 spiro atoms. The number of nitrogens with zero attached hydrogens (tertiary/aromatic N) is 1. The summed E-state index contributed by atoms with van der Waals surface area (Å²) in [5, 5.41) is 4.23. The van der Waals surface area contributed by atoms with E-state index in [0.717, 1.165) is 11.3 Å². The van der Waals surface area contributed by atoms with Gasteiger partial charge in [0.25, 0.3) is 0 Å². The summed E-state index contributed by atoms with van der Waals surface area (Å²) in [7, 11) is 0. The molecule has 0 saturated heterocycles. The van der Waals surface area contributed by atoms with Crippen LogP contribution in [0.2, 0.25) is 0 Å². The molecule has 0 fully saturated rings. The summed E-state index contributed by atoms with van der Waals surface area (Å²) in [6.07, 6.45) is 0.429. The van der Waals surface area contributed by atoms with Gasteiger partial charge in [-0.3, -0.25) is 5.43 Å². The van der Waals surface area contributed by atoms with E-state index < -0.39 is 5.97 Å². The summed E-state index contributed by atoms with van der Waals surface area (Å²) in [5.41, 5.74) is 6.29. The molecule has 0 aliphatic rings. The molecule has 4 nitrogen and oxygen atoms in total. The Labute approximate surface area is 130 Å². The molecule has 114 valence electrons. The molecule has 0 unspecified atom stereocenters. The van der Waals surface area contributed by atoms with Gasteiger partial charge < -0.3 is 4.74 Å². The van der Waals surface area contributed by atoms with Gasteiger partial charge in [-0.2, -0.15) is 5.10 Å². The van der Waals surface area contributed by atoms with Crippen LogP contribution in [0.5, 0.6) is 0 Å². The lowest BCUT2D eigenvalue weighted by Gasteiger charge is -2.07. The summed E-state index contributed by atoms with van der Waals surface area (Å²) in [6.45, 7) is 4.13. The second-order valence-corrected chi connectivity index (χ2v) is 4.92. The standard InChI is InChI=1S/C18H20N2O2/c1-3-22-18(21)17(13-15-7-5-4-6-8-15)20-19-16-11-9-14(2)10-12-16/h4-12,19H,3,13H2,1-2H3/b20-17-. The van der Waals surface area contributed by atoms with Gasteiger partial charge in [-0.15, -0.1) is 0 Å². The van der Waals surface area contributed by atoms with Crippen molar-refractivity contribution in [2.75, 3.05) is 12.0 Å². The first-order valence-electron chi connectivity index (χ1n) is 7.29. The molecule has 0 aliphatic carbocycles. The van der Waals surface area contributed by atoms with Gasteiger partial charge >= 0.3 is 5.97 Å². The van der Waals surface area contributed by atoms with E-state index in [1.165, 1.54) is 5.56 Å². The minimum absolute atomic E-state index is 0.331. The highest BCUT2D eigenvalue weighted by molar-refractivity contribution is 6.37. The first kappa shape index (κ1) is 15.8. The van der Waals surface area contributed by atoms with Gasteiger partial charge in [-0.05, 0) is 31.5 Å². The lowest BCUT2D eigenvalue weighted by molar-refractivity contribution is -0.135. The zero-order valence-corrected chi connectivity index (χ0v) is 12.9. The van der Waals surface area contributed by atoms with E-state index in [-0.39, 0.29) is 0 Å². The van der Waals surface area contributed by atoms with Gasteiger partial charge in [0, 0.05) is 6.42 Å². The third kappa shape index (κ3) is 4.74. The molecule has 0 heterocycles. The largest absolute Gasteiger partial charge is 0.461 e. The number of hydrogen-bond donors (Lipinski definition) is 1. The van der Waals surface area contributed by atoms with E-state index >= 15 is 0 Å². The van der Waals surface area contributed by atoms with Crippen LogP contribution in [-0.2, 0) is 16.0 Å². The van der Waals surface area contributed by atoms with Crippen LogP contribution < -0.4 is 5.43 Å². The minimum atomic E-state index is -0.397. The van der Waals surface area contributed by atoms with Crippen LogP contribution in [0, 0.1) is 6.92 Å². The SMILES string of the molecule is CCOC(=O)/C(Cc1ccccc1)=N\Nc1ccc(C)cc1. The zero-order valence-electron chi connectivity index (χ0n) is 12.9. The van der Waals surface area contributed by atoms with E-state index in [2.05, 4.69) is 10.5 Å². The average Bonchev–Trinajstić information content (AvgIpc) is 2.54. The summed E-state index contributed by atoms with van der Waals surface area (Å²) < 4.78 is 5.07. The number of aryl methyl sites for hydroxylation is 1. The van der Waals surface area contributed by atoms with E-state index in [4.69, 9.17) is 4.74 Å². The van der Waals surface area contributed by atoms with Crippen LogP contribution in [0.1, 0.15) is 18.1 Å². The quantitative estimate of drug-likeness (QED) is 0.503. The summed E-state index contributed by atoms with van der Waals surface area (Å²) >= 11 is 0. The molecule has 2 rings (SSSR count). The highest BCUT2D eigenvalue weighted by Crippen LogP contribution is 2.09. The Morgan fingerprint density at radius 2 is 1.77 bits per heavy atom. The second kappa shape index (κ2) is 7.98. The van der Waals surface area contributed by atoms with E-state index in [1.807, 2.05) is 61.5 Å². The maximum atomic E-state index is 12.0. The van der Waals surface area contributed by atoms with Crippen molar-refractivity contribution < 1.29 is 9.53 Å². The monoisotopic (exact) mass is 296 g/mol. The Bertz CT molecular complexity index is 634.